The van der Waals surface area contributed by atoms with Gasteiger partial charge in [0.05, 0.1) is 0 Å². The number of hydrogen-bond acceptors (Lipinski definition) is 2. The fraction of sp³-hybridized carbons (Fsp3) is 0.611. The van der Waals surface area contributed by atoms with Crippen molar-refractivity contribution in [3.05, 3.63) is 34.9 Å². The zero-order chi connectivity index (χ0) is 16.5. The molecule has 128 valence electrons. The lowest BCUT2D eigenvalue weighted by Gasteiger charge is -2.19. The van der Waals surface area contributed by atoms with Gasteiger partial charge in [0.25, 0.3) is 0 Å². The minimum atomic E-state index is 0.220. The molecule has 1 fully saturated rings. The van der Waals surface area contributed by atoms with E-state index in [0.717, 1.165) is 50.1 Å². The van der Waals surface area contributed by atoms with Gasteiger partial charge in [0, 0.05) is 43.8 Å². The Morgan fingerprint density at radius 1 is 1.30 bits per heavy atom. The van der Waals surface area contributed by atoms with Gasteiger partial charge in [-0.1, -0.05) is 23.7 Å². The minimum absolute atomic E-state index is 0.220. The molecule has 1 aliphatic carbocycles. The molecule has 0 spiro atoms. The minimum Gasteiger partial charge on any atom is -0.382 e. The van der Waals surface area contributed by atoms with E-state index in [1.165, 1.54) is 18.4 Å². The number of benzene rings is 1. The van der Waals surface area contributed by atoms with Gasteiger partial charge in [-0.15, -0.1) is 0 Å². The molecule has 0 radical (unpaired) electrons. The SMILES string of the molecule is CCOCCCCNC(=NC)NCC1(c2cccc(Cl)c2)CC1. The van der Waals surface area contributed by atoms with Crippen molar-refractivity contribution in [3.63, 3.8) is 0 Å². The van der Waals surface area contributed by atoms with Crippen LogP contribution in [0.25, 0.3) is 0 Å². The van der Waals surface area contributed by atoms with Crippen molar-refractivity contribution in [2.75, 3.05) is 33.4 Å². The number of ether oxygens (including phenoxy) is 1. The summed E-state index contributed by atoms with van der Waals surface area (Å²) in [5.74, 6) is 0.870. The summed E-state index contributed by atoms with van der Waals surface area (Å²) in [5, 5.41) is 7.63. The summed E-state index contributed by atoms with van der Waals surface area (Å²) in [6, 6.07) is 8.21. The molecule has 1 aromatic carbocycles. The van der Waals surface area contributed by atoms with E-state index in [0.29, 0.717) is 0 Å². The molecule has 0 bridgehead atoms. The van der Waals surface area contributed by atoms with Crippen LogP contribution in [0.2, 0.25) is 5.02 Å². The van der Waals surface area contributed by atoms with Crippen LogP contribution < -0.4 is 10.6 Å². The predicted octanol–water partition coefficient (Wildman–Crippen LogP) is 3.35. The van der Waals surface area contributed by atoms with Crippen molar-refractivity contribution in [1.82, 2.24) is 10.6 Å². The molecule has 1 saturated carbocycles. The summed E-state index contributed by atoms with van der Waals surface area (Å²) in [4.78, 5) is 4.30. The lowest BCUT2D eigenvalue weighted by Crippen LogP contribution is -2.41. The van der Waals surface area contributed by atoms with Crippen LogP contribution in [0.15, 0.2) is 29.3 Å². The molecule has 2 N–H and O–H groups in total. The van der Waals surface area contributed by atoms with E-state index in [1.807, 2.05) is 26.1 Å². The van der Waals surface area contributed by atoms with Gasteiger partial charge >= 0.3 is 0 Å². The van der Waals surface area contributed by atoms with E-state index < -0.39 is 0 Å². The van der Waals surface area contributed by atoms with Gasteiger partial charge in [0.2, 0.25) is 0 Å². The van der Waals surface area contributed by atoms with Crippen molar-refractivity contribution in [2.45, 2.75) is 38.0 Å². The molecular formula is C18H28ClN3O. The Hall–Kier alpha value is -1.26. The van der Waals surface area contributed by atoms with Crippen LogP contribution in [-0.2, 0) is 10.2 Å². The van der Waals surface area contributed by atoms with E-state index in [4.69, 9.17) is 16.3 Å². The van der Waals surface area contributed by atoms with Gasteiger partial charge in [0.15, 0.2) is 5.96 Å². The fourth-order valence-electron chi connectivity index (χ4n) is 2.69. The molecule has 0 amide bonds. The summed E-state index contributed by atoms with van der Waals surface area (Å²) in [5.41, 5.74) is 1.54. The van der Waals surface area contributed by atoms with E-state index in [2.05, 4.69) is 27.8 Å². The van der Waals surface area contributed by atoms with Crippen LogP contribution in [0.4, 0.5) is 0 Å². The highest BCUT2D eigenvalue weighted by atomic mass is 35.5. The molecule has 1 aromatic rings. The van der Waals surface area contributed by atoms with Crippen LogP contribution in [0.3, 0.4) is 0 Å². The van der Waals surface area contributed by atoms with Crippen molar-refractivity contribution < 1.29 is 4.74 Å². The maximum atomic E-state index is 6.12. The predicted molar refractivity (Wildman–Crippen MR) is 97.5 cm³/mol. The highest BCUT2D eigenvalue weighted by Gasteiger charge is 2.44. The number of guanidine groups is 1. The van der Waals surface area contributed by atoms with Gasteiger partial charge in [0.1, 0.15) is 0 Å². The summed E-state index contributed by atoms with van der Waals surface area (Å²) in [6.45, 7) is 5.46. The highest BCUT2D eigenvalue weighted by molar-refractivity contribution is 6.30. The molecule has 23 heavy (non-hydrogen) atoms. The Morgan fingerprint density at radius 3 is 2.78 bits per heavy atom. The molecule has 0 aliphatic heterocycles. The molecule has 0 saturated heterocycles. The molecular weight excluding hydrogens is 310 g/mol. The first kappa shape index (κ1) is 18.1. The summed E-state index contributed by atoms with van der Waals surface area (Å²) in [6.07, 6.45) is 4.56. The van der Waals surface area contributed by atoms with E-state index in [9.17, 15) is 0 Å². The third kappa shape index (κ3) is 5.70. The second-order valence-corrected chi connectivity index (χ2v) is 6.48. The maximum absolute atomic E-state index is 6.12. The summed E-state index contributed by atoms with van der Waals surface area (Å²) >= 11 is 6.12. The zero-order valence-electron chi connectivity index (χ0n) is 14.2. The van der Waals surface area contributed by atoms with Crippen molar-refractivity contribution in [1.29, 1.82) is 0 Å². The molecule has 5 heteroatoms. The molecule has 4 nitrogen and oxygen atoms in total. The first-order valence-corrected chi connectivity index (χ1v) is 8.86. The standard InChI is InChI=1S/C18H28ClN3O/c1-3-23-12-5-4-11-21-17(20-2)22-14-18(9-10-18)15-7-6-8-16(19)13-15/h6-8,13H,3-5,9-12,14H2,1-2H3,(H2,20,21,22). The number of rotatable bonds is 9. The Kier molecular flexibility index (Phi) is 7.18. The number of nitrogens with one attached hydrogen (secondary N) is 2. The quantitative estimate of drug-likeness (QED) is 0.412. The van der Waals surface area contributed by atoms with Crippen LogP contribution in [0, 0.1) is 0 Å². The largest absolute Gasteiger partial charge is 0.382 e. The molecule has 1 aliphatic rings. The van der Waals surface area contributed by atoms with Gasteiger partial charge in [-0.2, -0.15) is 0 Å². The fourth-order valence-corrected chi connectivity index (χ4v) is 2.88. The average Bonchev–Trinajstić information content (AvgIpc) is 3.35. The Morgan fingerprint density at radius 2 is 2.13 bits per heavy atom. The van der Waals surface area contributed by atoms with Gasteiger partial charge < -0.3 is 15.4 Å². The smallest absolute Gasteiger partial charge is 0.191 e. The summed E-state index contributed by atoms with van der Waals surface area (Å²) < 4.78 is 5.34. The first-order chi connectivity index (χ1) is 11.2. The number of nitrogens with zero attached hydrogens (tertiary/aromatic N) is 1. The molecule has 0 aromatic heterocycles. The summed E-state index contributed by atoms with van der Waals surface area (Å²) in [7, 11) is 1.81. The zero-order valence-corrected chi connectivity index (χ0v) is 15.0. The lowest BCUT2D eigenvalue weighted by atomic mass is 9.96. The number of halogens is 1. The van der Waals surface area contributed by atoms with Crippen LogP contribution >= 0.6 is 11.6 Å². The van der Waals surface area contributed by atoms with Crippen molar-refractivity contribution in [3.8, 4) is 0 Å². The Balaban J connectivity index is 1.73. The molecule has 0 heterocycles. The van der Waals surface area contributed by atoms with Gasteiger partial charge in [-0.05, 0) is 50.3 Å². The van der Waals surface area contributed by atoms with Crippen LogP contribution in [0.5, 0.6) is 0 Å². The number of hydrogen-bond donors (Lipinski definition) is 2. The third-order valence-corrected chi connectivity index (χ3v) is 4.56. The van der Waals surface area contributed by atoms with E-state index in [-0.39, 0.29) is 5.41 Å². The second-order valence-electron chi connectivity index (χ2n) is 6.05. The lowest BCUT2D eigenvalue weighted by molar-refractivity contribution is 0.143. The monoisotopic (exact) mass is 337 g/mol. The number of aliphatic imine (C=N–C) groups is 1. The highest BCUT2D eigenvalue weighted by Crippen LogP contribution is 2.48. The van der Waals surface area contributed by atoms with Crippen molar-refractivity contribution in [2.24, 2.45) is 4.99 Å². The van der Waals surface area contributed by atoms with Crippen LogP contribution in [0.1, 0.15) is 38.2 Å². The first-order valence-electron chi connectivity index (χ1n) is 8.48. The van der Waals surface area contributed by atoms with E-state index in [1.54, 1.807) is 0 Å². The molecule has 0 atom stereocenters. The molecule has 2 rings (SSSR count). The second kappa shape index (κ2) is 9.14. The van der Waals surface area contributed by atoms with Crippen LogP contribution in [-0.4, -0.2) is 39.3 Å². The van der Waals surface area contributed by atoms with Gasteiger partial charge in [-0.3, -0.25) is 4.99 Å². The maximum Gasteiger partial charge on any atom is 0.191 e. The third-order valence-electron chi connectivity index (χ3n) is 4.32. The Labute approximate surface area is 144 Å². The molecule has 0 unspecified atom stereocenters. The normalized spacial score (nSPS) is 16.2. The average molecular weight is 338 g/mol. The Bertz CT molecular complexity index is 515. The topological polar surface area (TPSA) is 45.6 Å². The number of unbranched alkanes of at least 4 members (excludes halogenated alkanes) is 1. The van der Waals surface area contributed by atoms with Gasteiger partial charge in [-0.25, -0.2) is 0 Å². The van der Waals surface area contributed by atoms with Crippen molar-refractivity contribution >= 4 is 17.6 Å². The van der Waals surface area contributed by atoms with E-state index >= 15 is 0 Å².